The largest absolute Gasteiger partial charge is 0.506 e. The van der Waals surface area contributed by atoms with Crippen molar-refractivity contribution in [2.45, 2.75) is 33.7 Å². The van der Waals surface area contributed by atoms with Gasteiger partial charge in [0, 0.05) is 0 Å². The highest BCUT2D eigenvalue weighted by molar-refractivity contribution is 5.96. The van der Waals surface area contributed by atoms with E-state index in [9.17, 15) is 9.90 Å². The van der Waals surface area contributed by atoms with Gasteiger partial charge in [-0.15, -0.1) is 0 Å². The maximum atomic E-state index is 11.9. The Morgan fingerprint density at radius 1 is 1.41 bits per heavy atom. The standard InChI is InChI=1S/C13H20N2O2/c1-8-5-6-10(16)9(7-8)15-12(17)11(14)13(2,3)4/h5-7,11,16H,14H2,1-4H3,(H,15,17). The van der Waals surface area contributed by atoms with Crippen LogP contribution in [0, 0.1) is 12.3 Å². The minimum Gasteiger partial charge on any atom is -0.506 e. The highest BCUT2D eigenvalue weighted by atomic mass is 16.3. The lowest BCUT2D eigenvalue weighted by molar-refractivity contribution is -0.119. The fraction of sp³-hybridized carbons (Fsp3) is 0.462. The van der Waals surface area contributed by atoms with E-state index in [0.29, 0.717) is 5.69 Å². The van der Waals surface area contributed by atoms with Crippen LogP contribution in [0.5, 0.6) is 5.75 Å². The molecule has 0 aliphatic rings. The number of rotatable bonds is 2. The second-order valence-electron chi connectivity index (χ2n) is 5.35. The van der Waals surface area contributed by atoms with Gasteiger partial charge in [-0.05, 0) is 30.0 Å². The number of aromatic hydroxyl groups is 1. The van der Waals surface area contributed by atoms with Crippen LogP contribution in [0.3, 0.4) is 0 Å². The van der Waals surface area contributed by atoms with Crippen LogP contribution in [0.25, 0.3) is 0 Å². The van der Waals surface area contributed by atoms with Crippen molar-refractivity contribution in [3.05, 3.63) is 23.8 Å². The van der Waals surface area contributed by atoms with Gasteiger partial charge in [-0.2, -0.15) is 0 Å². The van der Waals surface area contributed by atoms with Crippen LogP contribution in [-0.4, -0.2) is 17.1 Å². The van der Waals surface area contributed by atoms with E-state index >= 15 is 0 Å². The molecule has 0 saturated heterocycles. The molecule has 1 unspecified atom stereocenters. The van der Waals surface area contributed by atoms with E-state index in [0.717, 1.165) is 5.56 Å². The van der Waals surface area contributed by atoms with Crippen molar-refractivity contribution in [2.75, 3.05) is 5.32 Å². The number of nitrogens with one attached hydrogen (secondary N) is 1. The van der Waals surface area contributed by atoms with Crippen molar-refractivity contribution >= 4 is 11.6 Å². The number of phenolic OH excluding ortho intramolecular Hbond substituents is 1. The topological polar surface area (TPSA) is 75.3 Å². The van der Waals surface area contributed by atoms with E-state index in [-0.39, 0.29) is 17.1 Å². The van der Waals surface area contributed by atoms with Gasteiger partial charge in [0.05, 0.1) is 11.7 Å². The van der Waals surface area contributed by atoms with E-state index in [1.54, 1.807) is 18.2 Å². The first kappa shape index (κ1) is 13.5. The molecule has 4 nitrogen and oxygen atoms in total. The second-order valence-corrected chi connectivity index (χ2v) is 5.35. The third-order valence-corrected chi connectivity index (χ3v) is 2.63. The van der Waals surface area contributed by atoms with E-state index in [1.807, 2.05) is 27.7 Å². The molecule has 4 N–H and O–H groups in total. The van der Waals surface area contributed by atoms with Gasteiger partial charge in [-0.1, -0.05) is 26.8 Å². The van der Waals surface area contributed by atoms with Crippen molar-refractivity contribution in [2.24, 2.45) is 11.1 Å². The number of phenols is 1. The Morgan fingerprint density at radius 3 is 2.53 bits per heavy atom. The Morgan fingerprint density at radius 2 is 2.00 bits per heavy atom. The van der Waals surface area contributed by atoms with Crippen molar-refractivity contribution in [1.82, 2.24) is 0 Å². The third-order valence-electron chi connectivity index (χ3n) is 2.63. The summed E-state index contributed by atoms with van der Waals surface area (Å²) in [7, 11) is 0. The maximum absolute atomic E-state index is 11.9. The van der Waals surface area contributed by atoms with Crippen LogP contribution < -0.4 is 11.1 Å². The molecule has 0 bridgehead atoms. The molecular formula is C13H20N2O2. The van der Waals surface area contributed by atoms with Crippen LogP contribution >= 0.6 is 0 Å². The van der Waals surface area contributed by atoms with Crippen molar-refractivity contribution < 1.29 is 9.90 Å². The molecule has 0 saturated carbocycles. The zero-order chi connectivity index (χ0) is 13.2. The van der Waals surface area contributed by atoms with E-state index in [4.69, 9.17) is 5.73 Å². The summed E-state index contributed by atoms with van der Waals surface area (Å²) in [4.78, 5) is 11.9. The molecule has 1 aromatic carbocycles. The SMILES string of the molecule is Cc1ccc(O)c(NC(=O)C(N)C(C)(C)C)c1. The summed E-state index contributed by atoms with van der Waals surface area (Å²) >= 11 is 0. The number of anilines is 1. The van der Waals surface area contributed by atoms with Gasteiger partial charge < -0.3 is 16.2 Å². The van der Waals surface area contributed by atoms with Crippen LogP contribution in [0.2, 0.25) is 0 Å². The van der Waals surface area contributed by atoms with Crippen LogP contribution in [0.1, 0.15) is 26.3 Å². The molecule has 0 aromatic heterocycles. The first-order valence-electron chi connectivity index (χ1n) is 5.58. The average Bonchev–Trinajstić information content (AvgIpc) is 2.21. The number of amides is 1. The third kappa shape index (κ3) is 3.46. The zero-order valence-electron chi connectivity index (χ0n) is 10.7. The minimum absolute atomic E-state index is 0.0464. The number of benzene rings is 1. The zero-order valence-corrected chi connectivity index (χ0v) is 10.7. The highest BCUT2D eigenvalue weighted by Gasteiger charge is 2.27. The Bertz CT molecular complexity index is 422. The lowest BCUT2D eigenvalue weighted by Gasteiger charge is -2.26. The number of hydrogen-bond donors (Lipinski definition) is 3. The molecule has 94 valence electrons. The van der Waals surface area contributed by atoms with Crippen LogP contribution in [-0.2, 0) is 4.79 Å². The molecule has 0 heterocycles. The summed E-state index contributed by atoms with van der Waals surface area (Å²) in [5.41, 5.74) is 6.88. The molecule has 1 aromatic rings. The normalized spacial score (nSPS) is 13.2. The van der Waals surface area contributed by atoms with E-state index in [1.165, 1.54) is 0 Å². The van der Waals surface area contributed by atoms with Crippen molar-refractivity contribution in [3.63, 3.8) is 0 Å². The van der Waals surface area contributed by atoms with Crippen molar-refractivity contribution in [1.29, 1.82) is 0 Å². The predicted octanol–water partition coefficient (Wildman–Crippen LogP) is 2.01. The van der Waals surface area contributed by atoms with Gasteiger partial charge in [0.15, 0.2) is 0 Å². The van der Waals surface area contributed by atoms with Crippen LogP contribution in [0.15, 0.2) is 18.2 Å². The summed E-state index contributed by atoms with van der Waals surface area (Å²) in [5, 5.41) is 12.3. The molecule has 0 radical (unpaired) electrons. The average molecular weight is 236 g/mol. The molecule has 0 spiro atoms. The summed E-state index contributed by atoms with van der Waals surface area (Å²) in [6.07, 6.45) is 0. The number of nitrogens with two attached hydrogens (primary N) is 1. The van der Waals surface area contributed by atoms with Crippen molar-refractivity contribution in [3.8, 4) is 5.75 Å². The van der Waals surface area contributed by atoms with Gasteiger partial charge >= 0.3 is 0 Å². The summed E-state index contributed by atoms with van der Waals surface area (Å²) in [6, 6.07) is 4.41. The Hall–Kier alpha value is -1.55. The van der Waals surface area contributed by atoms with Gasteiger partial charge in [0.2, 0.25) is 5.91 Å². The number of aryl methyl sites for hydroxylation is 1. The molecule has 0 aliphatic carbocycles. The minimum atomic E-state index is -0.623. The predicted molar refractivity (Wildman–Crippen MR) is 68.9 cm³/mol. The first-order valence-corrected chi connectivity index (χ1v) is 5.58. The molecule has 1 rings (SSSR count). The molecular weight excluding hydrogens is 216 g/mol. The highest BCUT2D eigenvalue weighted by Crippen LogP contribution is 2.25. The monoisotopic (exact) mass is 236 g/mol. The van der Waals surface area contributed by atoms with E-state index in [2.05, 4.69) is 5.32 Å². The fourth-order valence-electron chi connectivity index (χ4n) is 1.35. The maximum Gasteiger partial charge on any atom is 0.241 e. The first-order chi connectivity index (χ1) is 7.71. The fourth-order valence-corrected chi connectivity index (χ4v) is 1.35. The Labute approximate surface area is 102 Å². The number of hydrogen-bond acceptors (Lipinski definition) is 3. The van der Waals surface area contributed by atoms with Gasteiger partial charge in [-0.3, -0.25) is 4.79 Å². The summed E-state index contributed by atoms with van der Waals surface area (Å²) < 4.78 is 0. The molecule has 1 atom stereocenters. The quantitative estimate of drug-likeness (QED) is 0.687. The molecule has 0 aliphatic heterocycles. The van der Waals surface area contributed by atoms with Gasteiger partial charge in [-0.25, -0.2) is 0 Å². The molecule has 0 fully saturated rings. The summed E-state index contributed by atoms with van der Waals surface area (Å²) in [5.74, 6) is -0.247. The Balaban J connectivity index is 2.85. The van der Waals surface area contributed by atoms with Gasteiger partial charge in [0.1, 0.15) is 5.75 Å². The molecule has 4 heteroatoms. The number of carbonyl (C=O) groups is 1. The van der Waals surface area contributed by atoms with Crippen LogP contribution in [0.4, 0.5) is 5.69 Å². The number of carbonyl (C=O) groups excluding carboxylic acids is 1. The summed E-state index contributed by atoms with van der Waals surface area (Å²) in [6.45, 7) is 7.58. The molecule has 1 amide bonds. The Kier molecular flexibility index (Phi) is 3.78. The van der Waals surface area contributed by atoms with Gasteiger partial charge in [0.25, 0.3) is 0 Å². The lowest BCUT2D eigenvalue weighted by Crippen LogP contribution is -2.45. The smallest absolute Gasteiger partial charge is 0.241 e. The lowest BCUT2D eigenvalue weighted by atomic mass is 9.87. The molecule has 17 heavy (non-hydrogen) atoms. The second kappa shape index (κ2) is 4.75. The van der Waals surface area contributed by atoms with E-state index < -0.39 is 6.04 Å².